The third kappa shape index (κ3) is 2.91. The Kier molecular flexibility index (Phi) is 4.37. The predicted molar refractivity (Wildman–Crippen MR) is 71.3 cm³/mol. The van der Waals surface area contributed by atoms with Crippen LogP contribution < -0.4 is 5.73 Å². The average Bonchev–Trinajstić information content (AvgIpc) is 2.46. The van der Waals surface area contributed by atoms with Gasteiger partial charge in [-0.15, -0.1) is 0 Å². The molecule has 0 radical (unpaired) electrons. The van der Waals surface area contributed by atoms with Gasteiger partial charge in [0.25, 0.3) is 0 Å². The highest BCUT2D eigenvalue weighted by Crippen LogP contribution is 2.33. The van der Waals surface area contributed by atoms with Gasteiger partial charge in [-0.25, -0.2) is 4.79 Å². The van der Waals surface area contributed by atoms with Crippen molar-refractivity contribution in [2.24, 2.45) is 11.7 Å². The fourth-order valence-corrected chi connectivity index (χ4v) is 2.76. The van der Waals surface area contributed by atoms with Crippen molar-refractivity contribution in [3.63, 3.8) is 0 Å². The molecule has 0 saturated heterocycles. The molecule has 1 aliphatic carbocycles. The number of hydrogen-bond donors (Lipinski definition) is 1. The zero-order valence-electron chi connectivity index (χ0n) is 10.9. The van der Waals surface area contributed by atoms with Gasteiger partial charge in [-0.1, -0.05) is 31.4 Å². The van der Waals surface area contributed by atoms with E-state index in [4.69, 9.17) is 10.5 Å². The molecule has 0 unspecified atom stereocenters. The van der Waals surface area contributed by atoms with Crippen LogP contribution in [0.15, 0.2) is 24.3 Å². The molecule has 2 rings (SSSR count). The van der Waals surface area contributed by atoms with Crippen LogP contribution in [0.2, 0.25) is 0 Å². The van der Waals surface area contributed by atoms with Gasteiger partial charge in [-0.3, -0.25) is 0 Å². The van der Waals surface area contributed by atoms with Crippen molar-refractivity contribution >= 4 is 5.97 Å². The molecule has 0 heterocycles. The van der Waals surface area contributed by atoms with Crippen LogP contribution in [0.4, 0.5) is 0 Å². The largest absolute Gasteiger partial charge is 0.465 e. The third-order valence-corrected chi connectivity index (χ3v) is 3.85. The number of hydrogen-bond acceptors (Lipinski definition) is 3. The van der Waals surface area contributed by atoms with E-state index < -0.39 is 0 Å². The molecule has 1 atom stereocenters. The summed E-state index contributed by atoms with van der Waals surface area (Å²) in [6.45, 7) is 0. The lowest BCUT2D eigenvalue weighted by molar-refractivity contribution is 0.0600. The van der Waals surface area contributed by atoms with Gasteiger partial charge in [-0.05, 0) is 36.5 Å². The molecular formula is C15H21NO2. The van der Waals surface area contributed by atoms with Crippen LogP contribution in [0, 0.1) is 5.92 Å². The van der Waals surface area contributed by atoms with Gasteiger partial charge in [0.1, 0.15) is 0 Å². The Morgan fingerprint density at radius 2 is 2.06 bits per heavy atom. The first-order valence-corrected chi connectivity index (χ1v) is 6.66. The van der Waals surface area contributed by atoms with E-state index in [1.54, 1.807) is 6.07 Å². The van der Waals surface area contributed by atoms with E-state index in [-0.39, 0.29) is 12.0 Å². The smallest absolute Gasteiger partial charge is 0.337 e. The Balaban J connectivity index is 2.14. The summed E-state index contributed by atoms with van der Waals surface area (Å²) in [6, 6.07) is 7.55. The highest BCUT2D eigenvalue weighted by atomic mass is 16.5. The van der Waals surface area contributed by atoms with Crippen molar-refractivity contribution in [1.29, 1.82) is 0 Å². The van der Waals surface area contributed by atoms with Crippen LogP contribution in [0.5, 0.6) is 0 Å². The average molecular weight is 247 g/mol. The van der Waals surface area contributed by atoms with Gasteiger partial charge in [0.15, 0.2) is 0 Å². The summed E-state index contributed by atoms with van der Waals surface area (Å²) >= 11 is 0. The molecule has 2 N–H and O–H groups in total. The molecular weight excluding hydrogens is 226 g/mol. The molecule has 18 heavy (non-hydrogen) atoms. The predicted octanol–water partition coefficient (Wildman–Crippen LogP) is 3.05. The van der Waals surface area contributed by atoms with Crippen molar-refractivity contribution in [3.8, 4) is 0 Å². The Morgan fingerprint density at radius 3 is 2.72 bits per heavy atom. The summed E-state index contributed by atoms with van der Waals surface area (Å²) in [7, 11) is 1.40. The molecule has 98 valence electrons. The summed E-state index contributed by atoms with van der Waals surface area (Å²) in [6.07, 6.45) is 6.27. The zero-order valence-corrected chi connectivity index (χ0v) is 10.9. The molecule has 1 aromatic rings. The quantitative estimate of drug-likeness (QED) is 0.835. The number of ether oxygens (including phenoxy) is 1. The Labute approximate surface area is 108 Å². The molecule has 0 aromatic heterocycles. The van der Waals surface area contributed by atoms with Crippen molar-refractivity contribution in [2.75, 3.05) is 7.11 Å². The van der Waals surface area contributed by atoms with Crippen LogP contribution >= 0.6 is 0 Å². The number of methoxy groups -OCH3 is 1. The second-order valence-electron chi connectivity index (χ2n) is 5.04. The van der Waals surface area contributed by atoms with Gasteiger partial charge < -0.3 is 10.5 Å². The third-order valence-electron chi connectivity index (χ3n) is 3.85. The van der Waals surface area contributed by atoms with Crippen LogP contribution in [-0.4, -0.2) is 13.1 Å². The highest BCUT2D eigenvalue weighted by Gasteiger charge is 2.22. The first-order chi connectivity index (χ1) is 8.72. The summed E-state index contributed by atoms with van der Waals surface area (Å²) in [5.74, 6) is 0.249. The number of benzene rings is 1. The molecule has 1 aliphatic rings. The molecule has 3 nitrogen and oxygen atoms in total. The maximum absolute atomic E-state index is 11.5. The van der Waals surface area contributed by atoms with E-state index in [1.165, 1.54) is 39.2 Å². The summed E-state index contributed by atoms with van der Waals surface area (Å²) in [4.78, 5) is 11.5. The van der Waals surface area contributed by atoms with Gasteiger partial charge >= 0.3 is 5.97 Å². The van der Waals surface area contributed by atoms with Crippen LogP contribution in [0.3, 0.4) is 0 Å². The lowest BCUT2D eigenvalue weighted by Gasteiger charge is -2.27. The Hall–Kier alpha value is -1.35. The minimum atomic E-state index is -0.298. The van der Waals surface area contributed by atoms with E-state index in [0.29, 0.717) is 11.5 Å². The van der Waals surface area contributed by atoms with E-state index in [1.807, 2.05) is 18.2 Å². The highest BCUT2D eigenvalue weighted by molar-refractivity contribution is 5.89. The van der Waals surface area contributed by atoms with Crippen molar-refractivity contribution < 1.29 is 9.53 Å². The van der Waals surface area contributed by atoms with Gasteiger partial charge in [0.05, 0.1) is 12.7 Å². The number of carbonyl (C=O) groups is 1. The maximum Gasteiger partial charge on any atom is 0.337 e. The monoisotopic (exact) mass is 247 g/mol. The summed E-state index contributed by atoms with van der Waals surface area (Å²) < 4.78 is 4.74. The Bertz CT molecular complexity index is 411. The van der Waals surface area contributed by atoms with Crippen LogP contribution in [0.1, 0.15) is 54.1 Å². The number of carbonyl (C=O) groups excluding carboxylic acids is 1. The Morgan fingerprint density at radius 1 is 1.33 bits per heavy atom. The first-order valence-electron chi connectivity index (χ1n) is 6.66. The molecule has 1 saturated carbocycles. The second-order valence-corrected chi connectivity index (χ2v) is 5.04. The molecule has 1 aromatic carbocycles. The molecule has 0 bridgehead atoms. The SMILES string of the molecule is COC(=O)c1cccc([C@@H](N)C2CCCCC2)c1. The van der Waals surface area contributed by atoms with Gasteiger partial charge in [0.2, 0.25) is 0 Å². The molecule has 3 heteroatoms. The number of nitrogens with two attached hydrogens (primary N) is 1. The van der Waals surface area contributed by atoms with Crippen LogP contribution in [0.25, 0.3) is 0 Å². The summed E-state index contributed by atoms with van der Waals surface area (Å²) in [5.41, 5.74) is 7.96. The lowest BCUT2D eigenvalue weighted by Crippen LogP contribution is -2.23. The van der Waals surface area contributed by atoms with E-state index in [0.717, 1.165) is 5.56 Å². The number of rotatable bonds is 3. The normalized spacial score (nSPS) is 18.3. The van der Waals surface area contributed by atoms with Gasteiger partial charge in [0, 0.05) is 6.04 Å². The molecule has 1 fully saturated rings. The van der Waals surface area contributed by atoms with E-state index in [9.17, 15) is 4.79 Å². The first kappa shape index (κ1) is 13.1. The van der Waals surface area contributed by atoms with E-state index >= 15 is 0 Å². The van der Waals surface area contributed by atoms with Crippen molar-refractivity contribution in [3.05, 3.63) is 35.4 Å². The zero-order chi connectivity index (χ0) is 13.0. The minimum Gasteiger partial charge on any atom is -0.465 e. The van der Waals surface area contributed by atoms with Crippen molar-refractivity contribution in [1.82, 2.24) is 0 Å². The summed E-state index contributed by atoms with van der Waals surface area (Å²) in [5, 5.41) is 0. The molecule has 0 spiro atoms. The molecule has 0 aliphatic heterocycles. The van der Waals surface area contributed by atoms with Crippen molar-refractivity contribution in [2.45, 2.75) is 38.1 Å². The van der Waals surface area contributed by atoms with Crippen LogP contribution in [-0.2, 0) is 4.74 Å². The standard InChI is InChI=1S/C15H21NO2/c1-18-15(17)13-9-5-8-12(10-13)14(16)11-6-3-2-4-7-11/h5,8-11,14H,2-4,6-7,16H2,1H3/t14-/m0/s1. The lowest BCUT2D eigenvalue weighted by atomic mass is 9.81. The minimum absolute atomic E-state index is 0.0370. The fraction of sp³-hybridized carbons (Fsp3) is 0.533. The topological polar surface area (TPSA) is 52.3 Å². The fourth-order valence-electron chi connectivity index (χ4n) is 2.76. The second kappa shape index (κ2) is 6.01. The number of esters is 1. The maximum atomic E-state index is 11.5. The van der Waals surface area contributed by atoms with Gasteiger partial charge in [-0.2, -0.15) is 0 Å². The van der Waals surface area contributed by atoms with E-state index in [2.05, 4.69) is 0 Å². The molecule has 0 amide bonds.